The quantitative estimate of drug-likeness (QED) is 0.553. The van der Waals surface area contributed by atoms with Gasteiger partial charge in [0, 0.05) is 25.7 Å². The Morgan fingerprint density at radius 2 is 1.94 bits per heavy atom. The summed E-state index contributed by atoms with van der Waals surface area (Å²) in [6, 6.07) is 11.1. The Morgan fingerprint density at radius 3 is 2.61 bits per heavy atom. The molecule has 31 heavy (non-hydrogen) atoms. The molecule has 1 amide bonds. The minimum Gasteiger partial charge on any atom is -0.495 e. The van der Waals surface area contributed by atoms with Crippen molar-refractivity contribution in [3.8, 4) is 5.75 Å². The molecule has 0 bridgehead atoms. The average Bonchev–Trinajstić information content (AvgIpc) is 3.17. The van der Waals surface area contributed by atoms with Crippen LogP contribution >= 0.6 is 23.2 Å². The Balaban J connectivity index is 1.88. The van der Waals surface area contributed by atoms with Gasteiger partial charge in [-0.05, 0) is 29.8 Å². The molecular weight excluding hydrogens is 463 g/mol. The number of hydrogen-bond donors (Lipinski definition) is 1. The lowest BCUT2D eigenvalue weighted by molar-refractivity contribution is 0.102. The van der Waals surface area contributed by atoms with Crippen molar-refractivity contribution in [2.45, 2.75) is 11.4 Å². The molecule has 0 radical (unpaired) electrons. The topological polar surface area (TPSA) is 93.5 Å². The predicted molar refractivity (Wildman–Crippen MR) is 120 cm³/mol. The van der Waals surface area contributed by atoms with E-state index in [1.165, 1.54) is 45.6 Å². The molecule has 164 valence electrons. The maximum atomic E-state index is 12.8. The largest absolute Gasteiger partial charge is 0.495 e. The van der Waals surface area contributed by atoms with E-state index in [0.29, 0.717) is 15.9 Å². The van der Waals surface area contributed by atoms with Crippen LogP contribution in [0.2, 0.25) is 10.0 Å². The molecule has 0 aliphatic heterocycles. The van der Waals surface area contributed by atoms with Gasteiger partial charge in [-0.15, -0.1) is 0 Å². The predicted octanol–water partition coefficient (Wildman–Crippen LogP) is 3.75. The van der Waals surface area contributed by atoms with Crippen molar-refractivity contribution in [1.29, 1.82) is 0 Å². The number of carbonyl (C=O) groups is 1. The summed E-state index contributed by atoms with van der Waals surface area (Å²) in [6.45, 7) is 0.283. The highest BCUT2D eigenvalue weighted by Crippen LogP contribution is 2.28. The second-order valence-electron chi connectivity index (χ2n) is 6.69. The number of halogens is 2. The maximum Gasteiger partial charge on any atom is 0.256 e. The monoisotopic (exact) mass is 482 g/mol. The summed E-state index contributed by atoms with van der Waals surface area (Å²) in [5.74, 6) is 0.0524. The molecular formula is C20H20Cl2N4O4S. The molecule has 0 atom stereocenters. The fraction of sp³-hybridized carbons (Fsp3) is 0.200. The lowest BCUT2D eigenvalue weighted by atomic mass is 10.2. The first kappa shape index (κ1) is 23.1. The molecule has 1 N–H and O–H groups in total. The van der Waals surface area contributed by atoms with Crippen LogP contribution in [0.3, 0.4) is 0 Å². The van der Waals surface area contributed by atoms with E-state index in [1.54, 1.807) is 22.9 Å². The van der Waals surface area contributed by atoms with Crippen LogP contribution in [0.15, 0.2) is 53.6 Å². The minimum atomic E-state index is -3.81. The Bertz CT molecular complexity index is 1230. The molecule has 0 aliphatic carbocycles. The second kappa shape index (κ2) is 9.27. The van der Waals surface area contributed by atoms with E-state index in [1.807, 2.05) is 6.07 Å². The second-order valence-corrected chi connectivity index (χ2v) is 9.60. The fourth-order valence-corrected chi connectivity index (χ4v) is 4.26. The summed E-state index contributed by atoms with van der Waals surface area (Å²) in [5.41, 5.74) is 0.881. The summed E-state index contributed by atoms with van der Waals surface area (Å²) in [6.07, 6.45) is 1.53. The molecule has 0 spiro atoms. The van der Waals surface area contributed by atoms with Gasteiger partial charge in [-0.2, -0.15) is 5.10 Å². The van der Waals surface area contributed by atoms with Crippen molar-refractivity contribution in [2.75, 3.05) is 26.5 Å². The first-order chi connectivity index (χ1) is 14.6. The van der Waals surface area contributed by atoms with Gasteiger partial charge >= 0.3 is 0 Å². The van der Waals surface area contributed by atoms with Gasteiger partial charge in [0.15, 0.2) is 0 Å². The van der Waals surface area contributed by atoms with Crippen molar-refractivity contribution >= 4 is 45.0 Å². The van der Waals surface area contributed by atoms with Gasteiger partial charge in [-0.25, -0.2) is 17.4 Å². The number of methoxy groups -OCH3 is 1. The van der Waals surface area contributed by atoms with Gasteiger partial charge in [0.2, 0.25) is 10.0 Å². The number of carbonyl (C=O) groups excluding carboxylic acids is 1. The zero-order valence-electron chi connectivity index (χ0n) is 17.0. The van der Waals surface area contributed by atoms with E-state index in [2.05, 4.69) is 10.4 Å². The number of nitrogens with zero attached hydrogens (tertiary/aromatic N) is 3. The molecule has 3 aromatic rings. The molecule has 1 heterocycles. The SMILES string of the molecule is COc1ccc(C(=O)Nc2ccnn2Cc2cccc(Cl)c2Cl)cc1S(=O)(=O)N(C)C. The maximum absolute atomic E-state index is 12.8. The van der Waals surface area contributed by atoms with E-state index in [4.69, 9.17) is 27.9 Å². The number of benzene rings is 2. The Labute approximate surface area is 190 Å². The van der Waals surface area contributed by atoms with Crippen molar-refractivity contribution in [1.82, 2.24) is 14.1 Å². The molecule has 2 aromatic carbocycles. The first-order valence-corrected chi connectivity index (χ1v) is 11.2. The summed E-state index contributed by atoms with van der Waals surface area (Å²) < 4.78 is 33.0. The van der Waals surface area contributed by atoms with Crippen LogP contribution < -0.4 is 10.1 Å². The number of rotatable bonds is 7. The molecule has 1 aromatic heterocycles. The standard InChI is InChI=1S/C20H20Cl2N4O4S/c1-25(2)31(28,29)17-11-13(7-8-16(17)30-3)20(27)24-18-9-10-23-26(18)12-14-5-4-6-15(21)19(14)22/h4-11H,12H2,1-3H3,(H,24,27). The highest BCUT2D eigenvalue weighted by molar-refractivity contribution is 7.89. The van der Waals surface area contributed by atoms with E-state index in [9.17, 15) is 13.2 Å². The van der Waals surface area contributed by atoms with E-state index in [0.717, 1.165) is 9.87 Å². The molecule has 0 saturated heterocycles. The van der Waals surface area contributed by atoms with Crippen LogP contribution in [0.4, 0.5) is 5.82 Å². The number of ether oxygens (including phenoxy) is 1. The fourth-order valence-electron chi connectivity index (χ4n) is 2.80. The number of hydrogen-bond acceptors (Lipinski definition) is 5. The smallest absolute Gasteiger partial charge is 0.256 e. The lowest BCUT2D eigenvalue weighted by Gasteiger charge is -2.16. The summed E-state index contributed by atoms with van der Waals surface area (Å²) in [7, 11) is 0.360. The van der Waals surface area contributed by atoms with Crippen LogP contribution in [0.25, 0.3) is 0 Å². The number of sulfonamides is 1. The third-order valence-electron chi connectivity index (χ3n) is 4.49. The van der Waals surface area contributed by atoms with Crippen LogP contribution in [0, 0.1) is 0 Å². The zero-order valence-corrected chi connectivity index (χ0v) is 19.3. The number of anilines is 1. The van der Waals surface area contributed by atoms with Crippen molar-refractivity contribution in [2.24, 2.45) is 0 Å². The summed E-state index contributed by atoms with van der Waals surface area (Å²) in [5, 5.41) is 7.79. The van der Waals surface area contributed by atoms with Crippen LogP contribution in [0.5, 0.6) is 5.75 Å². The summed E-state index contributed by atoms with van der Waals surface area (Å²) >= 11 is 12.3. The van der Waals surface area contributed by atoms with Crippen LogP contribution in [-0.4, -0.2) is 49.6 Å². The molecule has 8 nitrogen and oxygen atoms in total. The number of amides is 1. The zero-order chi connectivity index (χ0) is 22.8. The molecule has 11 heteroatoms. The third-order valence-corrected chi connectivity index (χ3v) is 7.19. The first-order valence-electron chi connectivity index (χ1n) is 9.01. The number of aromatic nitrogens is 2. The van der Waals surface area contributed by atoms with Crippen LogP contribution in [0.1, 0.15) is 15.9 Å². The highest BCUT2D eigenvalue weighted by Gasteiger charge is 2.24. The van der Waals surface area contributed by atoms with Crippen LogP contribution in [-0.2, 0) is 16.6 Å². The highest BCUT2D eigenvalue weighted by atomic mass is 35.5. The Morgan fingerprint density at radius 1 is 1.19 bits per heavy atom. The lowest BCUT2D eigenvalue weighted by Crippen LogP contribution is -2.23. The van der Waals surface area contributed by atoms with Crippen molar-refractivity contribution in [3.63, 3.8) is 0 Å². The van der Waals surface area contributed by atoms with E-state index in [-0.39, 0.29) is 22.8 Å². The van der Waals surface area contributed by atoms with Crippen molar-refractivity contribution < 1.29 is 17.9 Å². The minimum absolute atomic E-state index is 0.105. The molecule has 0 fully saturated rings. The average molecular weight is 483 g/mol. The molecule has 0 unspecified atom stereocenters. The van der Waals surface area contributed by atoms with Gasteiger partial charge in [0.05, 0.1) is 29.9 Å². The van der Waals surface area contributed by atoms with Gasteiger partial charge in [0.25, 0.3) is 5.91 Å². The molecule has 0 aliphatic rings. The normalized spacial score (nSPS) is 11.5. The van der Waals surface area contributed by atoms with E-state index >= 15 is 0 Å². The van der Waals surface area contributed by atoms with E-state index < -0.39 is 15.9 Å². The molecule has 0 saturated carbocycles. The summed E-state index contributed by atoms with van der Waals surface area (Å²) in [4.78, 5) is 12.7. The van der Waals surface area contributed by atoms with Crippen molar-refractivity contribution in [3.05, 3.63) is 69.8 Å². The van der Waals surface area contributed by atoms with Gasteiger partial charge in [-0.3, -0.25) is 4.79 Å². The Kier molecular flexibility index (Phi) is 6.90. The van der Waals surface area contributed by atoms with Gasteiger partial charge < -0.3 is 10.1 Å². The third kappa shape index (κ3) is 4.85. The van der Waals surface area contributed by atoms with Gasteiger partial charge in [-0.1, -0.05) is 35.3 Å². The Hall–Kier alpha value is -2.59. The van der Waals surface area contributed by atoms with Gasteiger partial charge in [0.1, 0.15) is 16.5 Å². The molecule has 3 rings (SSSR count). The number of nitrogens with one attached hydrogen (secondary N) is 1.